The van der Waals surface area contributed by atoms with Crippen molar-refractivity contribution in [1.29, 1.82) is 0 Å². The van der Waals surface area contributed by atoms with E-state index in [1.54, 1.807) is 18.4 Å². The standard InChI is InChI=1S/C22H27N5OS/c1-4-27-22(29-17(2)24-27)23-18-9-11-19(12-10-18)25-13-15-26(16-14-25)20-7-5-6-8-21(20)28-3/h5-12H,4,13-16H2,1-3H3. The molecular weight excluding hydrogens is 382 g/mol. The van der Waals surface area contributed by atoms with Gasteiger partial charge in [-0.05, 0) is 50.2 Å². The minimum absolute atomic E-state index is 0.831. The Balaban J connectivity index is 1.44. The Morgan fingerprint density at radius 3 is 2.38 bits per heavy atom. The van der Waals surface area contributed by atoms with Crippen LogP contribution in [0, 0.1) is 6.92 Å². The Hall–Kier alpha value is -2.80. The van der Waals surface area contributed by atoms with Gasteiger partial charge in [-0.15, -0.1) is 0 Å². The molecule has 2 aromatic carbocycles. The number of para-hydroxylation sites is 2. The van der Waals surface area contributed by atoms with Gasteiger partial charge in [0.05, 0.1) is 18.5 Å². The lowest BCUT2D eigenvalue weighted by molar-refractivity contribution is 0.413. The number of nitrogens with zero attached hydrogens (tertiary/aromatic N) is 5. The Bertz CT molecular complexity index is 1020. The number of hydrogen-bond acceptors (Lipinski definition) is 6. The van der Waals surface area contributed by atoms with Crippen molar-refractivity contribution in [3.8, 4) is 5.75 Å². The highest BCUT2D eigenvalue weighted by atomic mass is 32.1. The average molecular weight is 410 g/mol. The van der Waals surface area contributed by atoms with Crippen LogP contribution in [0.3, 0.4) is 0 Å². The maximum absolute atomic E-state index is 5.52. The summed E-state index contributed by atoms with van der Waals surface area (Å²) in [5.74, 6) is 0.939. The SMILES string of the molecule is CCn1nc(C)sc1=Nc1ccc(N2CCN(c3ccccc3OC)CC2)cc1. The summed E-state index contributed by atoms with van der Waals surface area (Å²) < 4.78 is 7.47. The second-order valence-corrected chi connectivity index (χ2v) is 8.15. The third-order valence-corrected chi connectivity index (χ3v) is 6.03. The molecule has 0 spiro atoms. The highest BCUT2D eigenvalue weighted by Crippen LogP contribution is 2.29. The van der Waals surface area contributed by atoms with Crippen LogP contribution in [-0.4, -0.2) is 43.1 Å². The maximum atomic E-state index is 5.52. The third-order valence-electron chi connectivity index (χ3n) is 5.17. The molecule has 29 heavy (non-hydrogen) atoms. The number of rotatable bonds is 5. The van der Waals surface area contributed by atoms with Crippen molar-refractivity contribution >= 4 is 28.4 Å². The molecule has 1 aliphatic rings. The van der Waals surface area contributed by atoms with Crippen LogP contribution in [0.15, 0.2) is 53.5 Å². The molecule has 1 aliphatic heterocycles. The zero-order valence-corrected chi connectivity index (χ0v) is 18.0. The molecule has 1 saturated heterocycles. The fraction of sp³-hybridized carbons (Fsp3) is 0.364. The Labute approximate surface area is 175 Å². The van der Waals surface area contributed by atoms with E-state index >= 15 is 0 Å². The third kappa shape index (κ3) is 4.29. The molecule has 6 nitrogen and oxygen atoms in total. The average Bonchev–Trinajstić information content (AvgIpc) is 3.13. The van der Waals surface area contributed by atoms with E-state index in [-0.39, 0.29) is 0 Å². The summed E-state index contributed by atoms with van der Waals surface area (Å²) in [6, 6.07) is 16.8. The molecule has 3 aromatic rings. The summed E-state index contributed by atoms with van der Waals surface area (Å²) in [4.78, 5) is 10.5. The van der Waals surface area contributed by atoms with Crippen LogP contribution in [0.2, 0.25) is 0 Å². The van der Waals surface area contributed by atoms with E-state index in [0.29, 0.717) is 0 Å². The van der Waals surface area contributed by atoms with Gasteiger partial charge in [-0.25, -0.2) is 9.67 Å². The lowest BCUT2D eigenvalue weighted by atomic mass is 10.2. The van der Waals surface area contributed by atoms with Crippen LogP contribution in [0.1, 0.15) is 11.9 Å². The second kappa shape index (κ2) is 8.69. The van der Waals surface area contributed by atoms with E-state index in [4.69, 9.17) is 9.73 Å². The fourth-order valence-corrected chi connectivity index (χ4v) is 4.48. The summed E-state index contributed by atoms with van der Waals surface area (Å²) >= 11 is 1.63. The van der Waals surface area contributed by atoms with Crippen LogP contribution in [-0.2, 0) is 6.54 Å². The van der Waals surface area contributed by atoms with Gasteiger partial charge in [-0.2, -0.15) is 5.10 Å². The zero-order chi connectivity index (χ0) is 20.2. The molecule has 0 amide bonds. The number of methoxy groups -OCH3 is 1. The van der Waals surface area contributed by atoms with Crippen molar-refractivity contribution in [3.05, 3.63) is 58.3 Å². The Morgan fingerprint density at radius 2 is 1.69 bits per heavy atom. The predicted molar refractivity (Wildman–Crippen MR) is 120 cm³/mol. The van der Waals surface area contributed by atoms with E-state index < -0.39 is 0 Å². The molecule has 0 unspecified atom stereocenters. The molecule has 0 aliphatic carbocycles. The van der Waals surface area contributed by atoms with Gasteiger partial charge in [-0.1, -0.05) is 23.5 Å². The summed E-state index contributed by atoms with van der Waals surface area (Å²) in [5, 5.41) is 5.52. The molecule has 0 bridgehead atoms. The van der Waals surface area contributed by atoms with Crippen LogP contribution in [0.25, 0.3) is 0 Å². The number of piperazine rings is 1. The second-order valence-electron chi connectivity index (χ2n) is 6.99. The lowest BCUT2D eigenvalue weighted by Gasteiger charge is -2.37. The molecule has 7 heteroatoms. The molecule has 152 valence electrons. The molecule has 0 radical (unpaired) electrons. The van der Waals surface area contributed by atoms with Gasteiger partial charge in [0.2, 0.25) is 4.80 Å². The first-order valence-electron chi connectivity index (χ1n) is 10.00. The largest absolute Gasteiger partial charge is 0.495 e. The number of hydrogen-bond donors (Lipinski definition) is 0. The van der Waals surface area contributed by atoms with Gasteiger partial charge >= 0.3 is 0 Å². The van der Waals surface area contributed by atoms with Gasteiger partial charge in [0.15, 0.2) is 0 Å². The van der Waals surface area contributed by atoms with Crippen molar-refractivity contribution in [3.63, 3.8) is 0 Å². The zero-order valence-electron chi connectivity index (χ0n) is 17.2. The fourth-order valence-electron chi connectivity index (χ4n) is 3.65. The van der Waals surface area contributed by atoms with Gasteiger partial charge in [0.25, 0.3) is 0 Å². The van der Waals surface area contributed by atoms with Crippen LogP contribution < -0.4 is 19.3 Å². The summed E-state index contributed by atoms with van der Waals surface area (Å²) in [7, 11) is 1.73. The van der Waals surface area contributed by atoms with Crippen LogP contribution in [0.4, 0.5) is 17.1 Å². The van der Waals surface area contributed by atoms with Gasteiger partial charge < -0.3 is 14.5 Å². The van der Waals surface area contributed by atoms with Crippen LogP contribution >= 0.6 is 11.3 Å². The lowest BCUT2D eigenvalue weighted by Crippen LogP contribution is -2.46. The molecule has 0 saturated carbocycles. The van der Waals surface area contributed by atoms with E-state index in [9.17, 15) is 0 Å². The highest BCUT2D eigenvalue weighted by molar-refractivity contribution is 7.08. The summed E-state index contributed by atoms with van der Waals surface area (Å²) in [6.45, 7) is 8.86. The maximum Gasteiger partial charge on any atom is 0.208 e. The number of ether oxygens (including phenoxy) is 1. The van der Waals surface area contributed by atoms with Gasteiger partial charge in [-0.3, -0.25) is 0 Å². The smallest absolute Gasteiger partial charge is 0.208 e. The number of anilines is 2. The van der Waals surface area contributed by atoms with Crippen molar-refractivity contribution in [2.24, 2.45) is 4.99 Å². The van der Waals surface area contributed by atoms with Crippen molar-refractivity contribution in [2.75, 3.05) is 43.1 Å². The summed E-state index contributed by atoms with van der Waals surface area (Å²) in [6.07, 6.45) is 0. The normalized spacial score (nSPS) is 15.1. The topological polar surface area (TPSA) is 45.9 Å². The Morgan fingerprint density at radius 1 is 1.00 bits per heavy atom. The van der Waals surface area contributed by atoms with E-state index in [2.05, 4.69) is 58.2 Å². The van der Waals surface area contributed by atoms with Gasteiger partial charge in [0, 0.05) is 38.4 Å². The molecule has 2 heterocycles. The van der Waals surface area contributed by atoms with E-state index in [1.165, 1.54) is 11.4 Å². The van der Waals surface area contributed by atoms with Crippen molar-refractivity contribution in [2.45, 2.75) is 20.4 Å². The molecule has 1 fully saturated rings. The minimum atomic E-state index is 0.831. The van der Waals surface area contributed by atoms with Gasteiger partial charge in [0.1, 0.15) is 10.8 Å². The van der Waals surface area contributed by atoms with E-state index in [1.807, 2.05) is 23.7 Å². The monoisotopic (exact) mass is 409 g/mol. The first-order valence-corrected chi connectivity index (χ1v) is 10.8. The number of aromatic nitrogens is 2. The van der Waals surface area contributed by atoms with Crippen LogP contribution in [0.5, 0.6) is 5.75 Å². The number of aryl methyl sites for hydroxylation is 2. The molecular formula is C22H27N5OS. The first kappa shape index (κ1) is 19.5. The van der Waals surface area contributed by atoms with Crippen molar-refractivity contribution < 1.29 is 4.74 Å². The molecule has 0 N–H and O–H groups in total. The quantitative estimate of drug-likeness (QED) is 0.642. The minimum Gasteiger partial charge on any atom is -0.495 e. The van der Waals surface area contributed by atoms with Crippen molar-refractivity contribution in [1.82, 2.24) is 9.78 Å². The van der Waals surface area contributed by atoms with E-state index in [0.717, 1.165) is 54.0 Å². The first-order chi connectivity index (χ1) is 14.2. The number of benzene rings is 2. The predicted octanol–water partition coefficient (Wildman–Crippen LogP) is 3.84. The highest BCUT2D eigenvalue weighted by Gasteiger charge is 2.19. The summed E-state index contributed by atoms with van der Waals surface area (Å²) in [5.41, 5.74) is 3.38. The molecule has 0 atom stereocenters. The Kier molecular flexibility index (Phi) is 5.85. The molecule has 4 rings (SSSR count). The molecule has 1 aromatic heterocycles.